The molecule has 0 radical (unpaired) electrons. The lowest BCUT2D eigenvalue weighted by molar-refractivity contribution is -0.127. The highest BCUT2D eigenvalue weighted by Crippen LogP contribution is 2.11. The van der Waals surface area contributed by atoms with Crippen LogP contribution < -0.4 is 16.8 Å². The van der Waals surface area contributed by atoms with E-state index in [1.165, 1.54) is 7.11 Å². The second-order valence-corrected chi connectivity index (χ2v) is 4.03. The van der Waals surface area contributed by atoms with Crippen molar-refractivity contribution in [2.75, 3.05) is 20.3 Å². The maximum absolute atomic E-state index is 11.3. The Balaban J connectivity index is 4.05. The topological polar surface area (TPSA) is 107 Å². The molecule has 0 aromatic carbocycles. The van der Waals surface area contributed by atoms with Crippen molar-refractivity contribution in [3.63, 3.8) is 0 Å². The Bertz CT molecular complexity index is 241. The average Bonchev–Trinajstić information content (AvgIpc) is 2.14. The molecule has 0 aliphatic carbocycles. The van der Waals surface area contributed by atoms with Gasteiger partial charge in [-0.15, -0.1) is 0 Å². The Morgan fingerprint density at radius 1 is 1.47 bits per heavy atom. The smallest absolute Gasteiger partial charge is 0.239 e. The molecule has 0 aliphatic heterocycles. The predicted molar refractivity (Wildman–Crippen MR) is 55.8 cm³/mol. The summed E-state index contributed by atoms with van der Waals surface area (Å²) in [6, 6.07) is -0.723. The summed E-state index contributed by atoms with van der Waals surface area (Å²) in [5.74, 6) is -0.825. The van der Waals surface area contributed by atoms with Crippen molar-refractivity contribution in [2.45, 2.75) is 19.9 Å². The molecule has 88 valence electrons. The van der Waals surface area contributed by atoms with Crippen LogP contribution in [0.15, 0.2) is 0 Å². The summed E-state index contributed by atoms with van der Waals surface area (Å²) in [7, 11) is 1.46. The van der Waals surface area contributed by atoms with Gasteiger partial charge in [-0.05, 0) is 13.8 Å². The quantitative estimate of drug-likeness (QED) is 0.508. The summed E-state index contributed by atoms with van der Waals surface area (Å²) < 4.78 is 4.73. The molecule has 0 saturated heterocycles. The molecule has 0 aliphatic rings. The zero-order valence-corrected chi connectivity index (χ0v) is 9.37. The fraction of sp³-hybridized carbons (Fsp3) is 0.778. The predicted octanol–water partition coefficient (Wildman–Crippen LogP) is -1.41. The first-order valence-corrected chi connectivity index (χ1v) is 4.63. The van der Waals surface area contributed by atoms with Gasteiger partial charge in [0.05, 0.1) is 12.0 Å². The summed E-state index contributed by atoms with van der Waals surface area (Å²) in [5.41, 5.74) is 9.85. The third kappa shape index (κ3) is 4.75. The molecule has 6 heteroatoms. The number of hydrogen-bond acceptors (Lipinski definition) is 4. The third-order valence-electron chi connectivity index (χ3n) is 2.05. The van der Waals surface area contributed by atoms with Crippen molar-refractivity contribution in [3.05, 3.63) is 0 Å². The highest BCUT2D eigenvalue weighted by molar-refractivity contribution is 5.84. The lowest BCUT2D eigenvalue weighted by atomic mass is 9.93. The van der Waals surface area contributed by atoms with Crippen molar-refractivity contribution in [1.82, 2.24) is 5.32 Å². The second kappa shape index (κ2) is 5.67. The molecule has 0 aromatic heterocycles. The zero-order valence-electron chi connectivity index (χ0n) is 9.37. The van der Waals surface area contributed by atoms with Gasteiger partial charge in [-0.25, -0.2) is 0 Å². The van der Waals surface area contributed by atoms with E-state index in [0.29, 0.717) is 0 Å². The minimum absolute atomic E-state index is 0.142. The molecule has 0 heterocycles. The minimum atomic E-state index is -0.775. The van der Waals surface area contributed by atoms with Crippen LogP contribution >= 0.6 is 0 Å². The fourth-order valence-electron chi connectivity index (χ4n) is 0.782. The lowest BCUT2D eigenvalue weighted by Gasteiger charge is -2.21. The Kier molecular flexibility index (Phi) is 5.24. The molecule has 0 aromatic rings. The van der Waals surface area contributed by atoms with E-state index >= 15 is 0 Å². The maximum Gasteiger partial charge on any atom is 0.239 e. The van der Waals surface area contributed by atoms with E-state index in [4.69, 9.17) is 16.2 Å². The van der Waals surface area contributed by atoms with E-state index in [1.54, 1.807) is 13.8 Å². The van der Waals surface area contributed by atoms with Gasteiger partial charge >= 0.3 is 0 Å². The zero-order chi connectivity index (χ0) is 12.1. The number of carbonyl (C=O) groups is 2. The monoisotopic (exact) mass is 217 g/mol. The lowest BCUT2D eigenvalue weighted by Crippen LogP contribution is -2.48. The van der Waals surface area contributed by atoms with E-state index in [0.717, 1.165) is 0 Å². The van der Waals surface area contributed by atoms with E-state index < -0.39 is 17.4 Å². The highest BCUT2D eigenvalue weighted by Gasteiger charge is 2.26. The summed E-state index contributed by atoms with van der Waals surface area (Å²) in [6.07, 6.45) is 0. The number of nitrogens with one attached hydrogen (secondary N) is 1. The number of methoxy groups -OCH3 is 1. The second-order valence-electron chi connectivity index (χ2n) is 4.03. The van der Waals surface area contributed by atoms with E-state index in [9.17, 15) is 9.59 Å². The number of carbonyl (C=O) groups excluding carboxylic acids is 2. The molecule has 2 amide bonds. The summed E-state index contributed by atoms with van der Waals surface area (Å²) in [5, 5.41) is 2.54. The van der Waals surface area contributed by atoms with Crippen LogP contribution in [0, 0.1) is 5.41 Å². The van der Waals surface area contributed by atoms with Gasteiger partial charge in [-0.2, -0.15) is 0 Å². The molecule has 0 fully saturated rings. The molecule has 1 atom stereocenters. The van der Waals surface area contributed by atoms with E-state index in [2.05, 4.69) is 5.32 Å². The molecule has 0 saturated carbocycles. The standard InChI is InChI=1S/C9H19N3O3/c1-9(2,8(11)14)5-12-7(13)6(10)4-15-3/h6H,4-5,10H2,1-3H3,(H2,11,14)(H,12,13). The number of hydrogen-bond donors (Lipinski definition) is 3. The number of nitrogens with two attached hydrogens (primary N) is 2. The van der Waals surface area contributed by atoms with Gasteiger partial charge in [0.25, 0.3) is 0 Å². The maximum atomic E-state index is 11.3. The molecule has 0 spiro atoms. The fourth-order valence-corrected chi connectivity index (χ4v) is 0.782. The van der Waals surface area contributed by atoms with Crippen LogP contribution in [0.3, 0.4) is 0 Å². The van der Waals surface area contributed by atoms with Gasteiger partial charge in [-0.3, -0.25) is 9.59 Å². The average molecular weight is 217 g/mol. The van der Waals surface area contributed by atoms with Gasteiger partial charge < -0.3 is 21.5 Å². The molecule has 6 nitrogen and oxygen atoms in total. The number of primary amides is 1. The van der Waals surface area contributed by atoms with Gasteiger partial charge in [0.2, 0.25) is 11.8 Å². The molecule has 15 heavy (non-hydrogen) atoms. The number of rotatable bonds is 6. The molecule has 1 unspecified atom stereocenters. The molecule has 5 N–H and O–H groups in total. The van der Waals surface area contributed by atoms with Gasteiger partial charge in [0.15, 0.2) is 0 Å². The van der Waals surface area contributed by atoms with Crippen molar-refractivity contribution >= 4 is 11.8 Å². The summed E-state index contributed by atoms with van der Waals surface area (Å²) in [6.45, 7) is 3.61. The Morgan fingerprint density at radius 2 is 2.00 bits per heavy atom. The van der Waals surface area contributed by atoms with Crippen LogP contribution in [0.5, 0.6) is 0 Å². The van der Waals surface area contributed by atoms with Gasteiger partial charge in [0, 0.05) is 13.7 Å². The normalized spacial score (nSPS) is 13.3. The first-order chi connectivity index (χ1) is 6.81. The first-order valence-electron chi connectivity index (χ1n) is 4.63. The minimum Gasteiger partial charge on any atom is -0.383 e. The van der Waals surface area contributed by atoms with Gasteiger partial charge in [-0.1, -0.05) is 0 Å². The van der Waals surface area contributed by atoms with Crippen LogP contribution in [-0.4, -0.2) is 38.1 Å². The SMILES string of the molecule is COCC(N)C(=O)NCC(C)(C)C(N)=O. The van der Waals surface area contributed by atoms with Crippen LogP contribution in [0.25, 0.3) is 0 Å². The third-order valence-corrected chi connectivity index (χ3v) is 2.05. The molecule has 0 rings (SSSR count). The number of ether oxygens (including phenoxy) is 1. The van der Waals surface area contributed by atoms with E-state index in [1.807, 2.05) is 0 Å². The van der Waals surface area contributed by atoms with Crippen molar-refractivity contribution in [1.29, 1.82) is 0 Å². The van der Waals surface area contributed by atoms with E-state index in [-0.39, 0.29) is 19.1 Å². The molecular weight excluding hydrogens is 198 g/mol. The Labute approximate surface area is 89.3 Å². The first kappa shape index (κ1) is 13.9. The molecular formula is C9H19N3O3. The van der Waals surface area contributed by atoms with Crippen LogP contribution in [-0.2, 0) is 14.3 Å². The van der Waals surface area contributed by atoms with Crippen molar-refractivity contribution in [3.8, 4) is 0 Å². The van der Waals surface area contributed by atoms with Crippen molar-refractivity contribution < 1.29 is 14.3 Å². The summed E-state index contributed by atoms with van der Waals surface area (Å²) in [4.78, 5) is 22.3. The van der Waals surface area contributed by atoms with Crippen molar-refractivity contribution in [2.24, 2.45) is 16.9 Å². The number of amides is 2. The molecule has 0 bridgehead atoms. The van der Waals surface area contributed by atoms with Crippen LogP contribution in [0.2, 0.25) is 0 Å². The van der Waals surface area contributed by atoms with Crippen LogP contribution in [0.4, 0.5) is 0 Å². The largest absolute Gasteiger partial charge is 0.383 e. The Morgan fingerprint density at radius 3 is 2.40 bits per heavy atom. The highest BCUT2D eigenvalue weighted by atomic mass is 16.5. The van der Waals surface area contributed by atoms with Crippen LogP contribution in [0.1, 0.15) is 13.8 Å². The Hall–Kier alpha value is -1.14. The van der Waals surface area contributed by atoms with Gasteiger partial charge in [0.1, 0.15) is 6.04 Å². The summed E-state index contributed by atoms with van der Waals surface area (Å²) >= 11 is 0.